The number of rotatable bonds is 4. The Hall–Kier alpha value is -3.40. The molecule has 0 amide bonds. The molecule has 25 heavy (non-hydrogen) atoms. The number of ether oxygens (including phenoxy) is 1. The fourth-order valence-corrected chi connectivity index (χ4v) is 2.78. The normalized spacial score (nSPS) is 10.6. The molecule has 0 bridgehead atoms. The summed E-state index contributed by atoms with van der Waals surface area (Å²) in [6.45, 7) is 0. The molecule has 4 heteroatoms. The lowest BCUT2D eigenvalue weighted by Gasteiger charge is -2.11. The minimum absolute atomic E-state index is 0.546. The van der Waals surface area contributed by atoms with Crippen molar-refractivity contribution in [1.82, 2.24) is 9.97 Å². The molecule has 4 aromatic rings. The van der Waals surface area contributed by atoms with Gasteiger partial charge in [-0.05, 0) is 35.4 Å². The highest BCUT2D eigenvalue weighted by Crippen LogP contribution is 2.31. The number of nitrogens with one attached hydrogen (secondary N) is 1. The molecule has 0 atom stereocenters. The molecular weight excluding hydrogens is 310 g/mol. The number of hydrogen-bond acceptors (Lipinski definition) is 4. The Labute approximate surface area is 146 Å². The first-order chi connectivity index (χ1) is 12.3. The van der Waals surface area contributed by atoms with E-state index in [4.69, 9.17) is 4.74 Å². The van der Waals surface area contributed by atoms with Crippen LogP contribution >= 0.6 is 0 Å². The Balaban J connectivity index is 1.77. The van der Waals surface area contributed by atoms with Crippen LogP contribution in [0.25, 0.3) is 22.0 Å². The van der Waals surface area contributed by atoms with Gasteiger partial charge in [0.1, 0.15) is 11.3 Å². The van der Waals surface area contributed by atoms with Crippen molar-refractivity contribution in [1.29, 1.82) is 0 Å². The van der Waals surface area contributed by atoms with Gasteiger partial charge in [0.2, 0.25) is 5.95 Å². The van der Waals surface area contributed by atoms with Crippen LogP contribution in [0.15, 0.2) is 79.0 Å². The average Bonchev–Trinajstić information content (AvgIpc) is 2.68. The Bertz CT molecular complexity index is 1000. The van der Waals surface area contributed by atoms with Crippen LogP contribution in [-0.2, 0) is 0 Å². The maximum absolute atomic E-state index is 5.58. The Morgan fingerprint density at radius 2 is 1.56 bits per heavy atom. The Morgan fingerprint density at radius 3 is 2.28 bits per heavy atom. The lowest BCUT2D eigenvalue weighted by Crippen LogP contribution is -1.98. The van der Waals surface area contributed by atoms with E-state index < -0.39 is 0 Å². The zero-order valence-electron chi connectivity index (χ0n) is 13.8. The summed E-state index contributed by atoms with van der Waals surface area (Å²) in [7, 11) is 1.66. The summed E-state index contributed by atoms with van der Waals surface area (Å²) in [5.74, 6) is 1.28. The SMILES string of the molecule is COc1cc(-c2ccccc2)cc2cnc(Nc3ccccc3)nc12. The standard InChI is InChI=1S/C21H17N3O/c1-25-19-13-16(15-8-4-2-5-9-15)12-17-14-22-21(24-20(17)19)23-18-10-6-3-7-11-18/h2-14H,1H3,(H,22,23,24). The highest BCUT2D eigenvalue weighted by molar-refractivity contribution is 5.90. The van der Waals surface area contributed by atoms with Crippen LogP contribution in [-0.4, -0.2) is 17.1 Å². The summed E-state index contributed by atoms with van der Waals surface area (Å²) in [5, 5.41) is 4.16. The second-order valence-electron chi connectivity index (χ2n) is 5.67. The number of benzene rings is 3. The van der Waals surface area contributed by atoms with Gasteiger partial charge < -0.3 is 10.1 Å². The molecule has 0 saturated heterocycles. The number of anilines is 2. The zero-order chi connectivity index (χ0) is 17.1. The van der Waals surface area contributed by atoms with Crippen LogP contribution in [0.4, 0.5) is 11.6 Å². The summed E-state index contributed by atoms with van der Waals surface area (Å²) < 4.78 is 5.58. The molecule has 0 aliphatic heterocycles. The van der Waals surface area contributed by atoms with E-state index in [1.54, 1.807) is 7.11 Å². The van der Waals surface area contributed by atoms with Gasteiger partial charge >= 0.3 is 0 Å². The third-order valence-corrected chi connectivity index (χ3v) is 4.01. The van der Waals surface area contributed by atoms with Crippen molar-refractivity contribution in [3.63, 3.8) is 0 Å². The van der Waals surface area contributed by atoms with E-state index in [-0.39, 0.29) is 0 Å². The summed E-state index contributed by atoms with van der Waals surface area (Å²) in [6, 6.07) is 24.2. The minimum atomic E-state index is 0.546. The topological polar surface area (TPSA) is 47.0 Å². The van der Waals surface area contributed by atoms with Crippen molar-refractivity contribution in [2.24, 2.45) is 0 Å². The predicted octanol–water partition coefficient (Wildman–Crippen LogP) is 5.05. The zero-order valence-corrected chi connectivity index (χ0v) is 13.8. The van der Waals surface area contributed by atoms with Crippen molar-refractivity contribution >= 4 is 22.5 Å². The van der Waals surface area contributed by atoms with Crippen molar-refractivity contribution in [2.45, 2.75) is 0 Å². The minimum Gasteiger partial charge on any atom is -0.494 e. The van der Waals surface area contributed by atoms with Gasteiger partial charge in [-0.25, -0.2) is 9.97 Å². The molecule has 0 spiro atoms. The Morgan fingerprint density at radius 1 is 0.840 bits per heavy atom. The van der Waals surface area contributed by atoms with Gasteiger partial charge in [-0.15, -0.1) is 0 Å². The monoisotopic (exact) mass is 327 g/mol. The third-order valence-electron chi connectivity index (χ3n) is 4.01. The average molecular weight is 327 g/mol. The van der Waals surface area contributed by atoms with E-state index in [1.807, 2.05) is 60.8 Å². The largest absolute Gasteiger partial charge is 0.494 e. The second-order valence-corrected chi connectivity index (χ2v) is 5.67. The molecule has 1 N–H and O–H groups in total. The highest BCUT2D eigenvalue weighted by Gasteiger charge is 2.09. The van der Waals surface area contributed by atoms with Crippen molar-refractivity contribution in [2.75, 3.05) is 12.4 Å². The van der Waals surface area contributed by atoms with E-state index in [0.717, 1.165) is 33.5 Å². The number of hydrogen-bond donors (Lipinski definition) is 1. The molecule has 0 saturated carbocycles. The molecule has 0 unspecified atom stereocenters. The first kappa shape index (κ1) is 15.1. The lowest BCUT2D eigenvalue weighted by atomic mass is 10.0. The van der Waals surface area contributed by atoms with Gasteiger partial charge in [-0.2, -0.15) is 0 Å². The van der Waals surface area contributed by atoms with E-state index in [2.05, 4.69) is 33.5 Å². The number of fused-ring (bicyclic) bond motifs is 1. The van der Waals surface area contributed by atoms with Crippen LogP contribution in [0.1, 0.15) is 0 Å². The molecule has 4 rings (SSSR count). The number of aromatic nitrogens is 2. The van der Waals surface area contributed by atoms with E-state index in [1.165, 1.54) is 0 Å². The third kappa shape index (κ3) is 3.15. The van der Waals surface area contributed by atoms with E-state index in [9.17, 15) is 0 Å². The molecule has 0 aliphatic carbocycles. The molecule has 1 heterocycles. The summed E-state index contributed by atoms with van der Waals surface area (Å²) >= 11 is 0. The molecule has 1 aromatic heterocycles. The van der Waals surface area contributed by atoms with Gasteiger partial charge in [0.05, 0.1) is 7.11 Å². The lowest BCUT2D eigenvalue weighted by molar-refractivity contribution is 0.419. The molecule has 3 aromatic carbocycles. The summed E-state index contributed by atoms with van der Waals surface area (Å²) in [4.78, 5) is 9.06. The molecule has 0 fully saturated rings. The van der Waals surface area contributed by atoms with Crippen molar-refractivity contribution in [3.8, 4) is 16.9 Å². The van der Waals surface area contributed by atoms with Gasteiger partial charge in [0.15, 0.2) is 0 Å². The van der Waals surface area contributed by atoms with Crippen molar-refractivity contribution in [3.05, 3.63) is 79.0 Å². The summed E-state index contributed by atoms with van der Waals surface area (Å²) in [6.07, 6.45) is 1.82. The fourth-order valence-electron chi connectivity index (χ4n) is 2.78. The molecule has 0 radical (unpaired) electrons. The van der Waals surface area contributed by atoms with Crippen LogP contribution in [0.2, 0.25) is 0 Å². The van der Waals surface area contributed by atoms with Crippen LogP contribution in [0.5, 0.6) is 5.75 Å². The number of para-hydroxylation sites is 1. The maximum atomic E-state index is 5.58. The van der Waals surface area contributed by atoms with Gasteiger partial charge in [-0.3, -0.25) is 0 Å². The molecule has 122 valence electrons. The quantitative estimate of drug-likeness (QED) is 0.570. The maximum Gasteiger partial charge on any atom is 0.227 e. The smallest absolute Gasteiger partial charge is 0.227 e. The van der Waals surface area contributed by atoms with Crippen molar-refractivity contribution < 1.29 is 4.74 Å². The Kier molecular flexibility index (Phi) is 4.01. The predicted molar refractivity (Wildman–Crippen MR) is 101 cm³/mol. The van der Waals surface area contributed by atoms with Gasteiger partial charge in [0, 0.05) is 17.3 Å². The number of methoxy groups -OCH3 is 1. The highest BCUT2D eigenvalue weighted by atomic mass is 16.5. The summed E-state index contributed by atoms with van der Waals surface area (Å²) in [5.41, 5.74) is 3.95. The van der Waals surface area contributed by atoms with Crippen LogP contribution in [0, 0.1) is 0 Å². The van der Waals surface area contributed by atoms with Crippen LogP contribution < -0.4 is 10.1 Å². The van der Waals surface area contributed by atoms with E-state index in [0.29, 0.717) is 5.95 Å². The van der Waals surface area contributed by atoms with E-state index >= 15 is 0 Å². The first-order valence-electron chi connectivity index (χ1n) is 8.06. The van der Waals surface area contributed by atoms with Gasteiger partial charge in [0.25, 0.3) is 0 Å². The van der Waals surface area contributed by atoms with Crippen LogP contribution in [0.3, 0.4) is 0 Å². The molecule has 0 aliphatic rings. The fraction of sp³-hybridized carbons (Fsp3) is 0.0476. The number of nitrogens with zero attached hydrogens (tertiary/aromatic N) is 2. The second kappa shape index (κ2) is 6.61. The van der Waals surface area contributed by atoms with Gasteiger partial charge in [-0.1, -0.05) is 48.5 Å². The molecule has 4 nitrogen and oxygen atoms in total. The molecular formula is C21H17N3O. The first-order valence-corrected chi connectivity index (χ1v) is 8.06.